The number of nitrogens with zero attached hydrogens (tertiary/aromatic N) is 1. The molecule has 1 amide bonds. The van der Waals surface area contributed by atoms with Crippen molar-refractivity contribution in [3.05, 3.63) is 58.9 Å². The van der Waals surface area contributed by atoms with Crippen LogP contribution in [0.4, 0.5) is 0 Å². The zero-order chi connectivity index (χ0) is 17.9. The summed E-state index contributed by atoms with van der Waals surface area (Å²) in [6.45, 7) is 3.28. The standard InChI is InChI=1S/C18H20N2O4.Na/c1-11-4-6-13(7-5-11)17(22)15-9-8-14(20(15)3)10-16(21)19-12(2)18(23)24;/h4-9,12H,10H2,1-3H3,(H,19,21)(H,23,24);/q;+1/p-1. The maximum absolute atomic E-state index is 12.5. The Labute approximate surface area is 168 Å². The van der Waals surface area contributed by atoms with Gasteiger partial charge >= 0.3 is 29.6 Å². The van der Waals surface area contributed by atoms with Crippen molar-refractivity contribution in [1.82, 2.24) is 9.88 Å². The molecule has 6 nitrogen and oxygen atoms in total. The van der Waals surface area contributed by atoms with Crippen molar-refractivity contribution in [3.8, 4) is 0 Å². The number of hydrogen-bond donors (Lipinski definition) is 1. The van der Waals surface area contributed by atoms with Crippen LogP contribution in [0.25, 0.3) is 0 Å². The predicted molar refractivity (Wildman–Crippen MR) is 86.3 cm³/mol. The first-order valence-corrected chi connectivity index (χ1v) is 7.55. The third kappa shape index (κ3) is 5.29. The number of carbonyl (C=O) groups is 3. The molecular weight excluding hydrogens is 331 g/mol. The molecule has 126 valence electrons. The summed E-state index contributed by atoms with van der Waals surface area (Å²) in [4.78, 5) is 35.1. The van der Waals surface area contributed by atoms with Crippen LogP contribution in [0.15, 0.2) is 36.4 Å². The fraction of sp³-hybridized carbons (Fsp3) is 0.278. The van der Waals surface area contributed by atoms with E-state index in [1.807, 2.05) is 19.1 Å². The Bertz CT molecular complexity index is 781. The van der Waals surface area contributed by atoms with Crippen LogP contribution in [0.2, 0.25) is 0 Å². The van der Waals surface area contributed by atoms with Gasteiger partial charge < -0.3 is 19.8 Å². The number of carboxylic acid groups (broad SMARTS) is 1. The average Bonchev–Trinajstić information content (AvgIpc) is 2.88. The number of amides is 1. The molecule has 1 atom stereocenters. The summed E-state index contributed by atoms with van der Waals surface area (Å²) in [5.74, 6) is -1.92. The van der Waals surface area contributed by atoms with Crippen LogP contribution in [0.5, 0.6) is 0 Å². The minimum atomic E-state index is -1.34. The van der Waals surface area contributed by atoms with Crippen molar-refractivity contribution in [3.63, 3.8) is 0 Å². The molecule has 1 aromatic carbocycles. The van der Waals surface area contributed by atoms with E-state index in [-0.39, 0.29) is 41.8 Å². The van der Waals surface area contributed by atoms with Gasteiger partial charge in [-0.15, -0.1) is 0 Å². The van der Waals surface area contributed by atoms with E-state index in [1.54, 1.807) is 35.9 Å². The van der Waals surface area contributed by atoms with Gasteiger partial charge in [0.05, 0.1) is 24.1 Å². The number of aryl methyl sites for hydroxylation is 1. The van der Waals surface area contributed by atoms with Crippen LogP contribution in [0.3, 0.4) is 0 Å². The summed E-state index contributed by atoms with van der Waals surface area (Å²) in [5, 5.41) is 13.0. The molecule has 7 heteroatoms. The van der Waals surface area contributed by atoms with Crippen LogP contribution < -0.4 is 40.0 Å². The Morgan fingerprint density at radius 3 is 2.28 bits per heavy atom. The van der Waals surface area contributed by atoms with E-state index in [2.05, 4.69) is 5.32 Å². The van der Waals surface area contributed by atoms with Crippen LogP contribution in [-0.2, 0) is 23.1 Å². The van der Waals surface area contributed by atoms with Crippen LogP contribution >= 0.6 is 0 Å². The van der Waals surface area contributed by atoms with Gasteiger partial charge in [-0.2, -0.15) is 0 Å². The Morgan fingerprint density at radius 1 is 1.12 bits per heavy atom. The summed E-state index contributed by atoms with van der Waals surface area (Å²) in [7, 11) is 1.70. The second-order valence-corrected chi connectivity index (χ2v) is 5.75. The second-order valence-electron chi connectivity index (χ2n) is 5.75. The zero-order valence-electron chi connectivity index (χ0n) is 14.8. The number of nitrogens with one attached hydrogen (secondary N) is 1. The molecular formula is C18H19N2NaO4. The third-order valence-electron chi connectivity index (χ3n) is 3.84. The molecule has 0 spiro atoms. The van der Waals surface area contributed by atoms with Crippen molar-refractivity contribution >= 4 is 17.7 Å². The molecule has 2 aromatic rings. The van der Waals surface area contributed by atoms with Gasteiger partial charge in [-0.25, -0.2) is 0 Å². The topological polar surface area (TPSA) is 91.2 Å². The summed E-state index contributed by atoms with van der Waals surface area (Å²) < 4.78 is 1.64. The molecule has 0 aliphatic heterocycles. The van der Waals surface area contributed by atoms with Gasteiger partial charge in [0, 0.05) is 18.3 Å². The van der Waals surface area contributed by atoms with Crippen LogP contribution in [0, 0.1) is 6.92 Å². The van der Waals surface area contributed by atoms with Gasteiger partial charge in [-0.05, 0) is 26.0 Å². The maximum Gasteiger partial charge on any atom is 1.00 e. The third-order valence-corrected chi connectivity index (χ3v) is 3.84. The van der Waals surface area contributed by atoms with Gasteiger partial charge in [0.2, 0.25) is 11.7 Å². The van der Waals surface area contributed by atoms with E-state index < -0.39 is 17.9 Å². The Kier molecular flexibility index (Phi) is 7.60. The number of aromatic nitrogens is 1. The minimum Gasteiger partial charge on any atom is -0.548 e. The molecule has 2 rings (SSSR count). The summed E-state index contributed by atoms with van der Waals surface area (Å²) >= 11 is 0. The van der Waals surface area contributed by atoms with Crippen molar-refractivity contribution in [2.24, 2.45) is 7.05 Å². The smallest absolute Gasteiger partial charge is 0.548 e. The summed E-state index contributed by atoms with van der Waals surface area (Å²) in [6, 6.07) is 9.54. The normalized spacial score (nSPS) is 11.3. The number of rotatable bonds is 6. The minimum absolute atomic E-state index is 0. The average molecular weight is 350 g/mol. The Balaban J connectivity index is 0.00000312. The maximum atomic E-state index is 12.5. The first-order valence-electron chi connectivity index (χ1n) is 7.55. The first-order chi connectivity index (χ1) is 11.3. The van der Waals surface area contributed by atoms with E-state index >= 15 is 0 Å². The summed E-state index contributed by atoms with van der Waals surface area (Å²) in [5.41, 5.74) is 2.73. The molecule has 1 N–H and O–H groups in total. The van der Waals surface area contributed by atoms with Gasteiger partial charge in [0.25, 0.3) is 0 Å². The number of benzene rings is 1. The zero-order valence-corrected chi connectivity index (χ0v) is 16.8. The predicted octanol–water partition coefficient (Wildman–Crippen LogP) is -2.63. The molecule has 0 aliphatic rings. The molecule has 0 saturated heterocycles. The molecule has 1 unspecified atom stereocenters. The van der Waals surface area contributed by atoms with Gasteiger partial charge in [-0.3, -0.25) is 9.59 Å². The largest absolute Gasteiger partial charge is 1.00 e. The number of aliphatic carboxylic acids is 1. The van der Waals surface area contributed by atoms with Gasteiger partial charge in [-0.1, -0.05) is 29.8 Å². The fourth-order valence-corrected chi connectivity index (χ4v) is 2.33. The quantitative estimate of drug-likeness (QED) is 0.456. The van der Waals surface area contributed by atoms with Crippen molar-refractivity contribution in [2.45, 2.75) is 26.3 Å². The van der Waals surface area contributed by atoms with Crippen LogP contribution in [-0.4, -0.2) is 28.3 Å². The molecule has 0 bridgehead atoms. The SMILES string of the molecule is Cc1ccc(C(=O)c2ccc(CC(=O)NC(C)C(=O)[O-])n2C)cc1.[Na+]. The van der Waals surface area contributed by atoms with Gasteiger partial charge in [0.15, 0.2) is 0 Å². The van der Waals surface area contributed by atoms with E-state index in [4.69, 9.17) is 0 Å². The first kappa shape index (κ1) is 21.2. The number of carboxylic acids is 1. The van der Waals surface area contributed by atoms with Crippen LogP contribution in [0.1, 0.15) is 34.2 Å². The number of carbonyl (C=O) groups excluding carboxylic acids is 3. The molecule has 0 saturated carbocycles. The number of ketones is 1. The molecule has 1 heterocycles. The van der Waals surface area contributed by atoms with Crippen molar-refractivity contribution in [1.29, 1.82) is 0 Å². The fourth-order valence-electron chi connectivity index (χ4n) is 2.33. The van der Waals surface area contributed by atoms with Gasteiger partial charge in [0.1, 0.15) is 0 Å². The van der Waals surface area contributed by atoms with E-state index in [1.165, 1.54) is 6.92 Å². The molecule has 0 fully saturated rings. The van der Waals surface area contributed by atoms with Crippen molar-refractivity contribution in [2.75, 3.05) is 0 Å². The molecule has 1 aromatic heterocycles. The Hall–Kier alpha value is -1.89. The van der Waals surface area contributed by atoms with Crippen molar-refractivity contribution < 1.29 is 49.0 Å². The number of hydrogen-bond acceptors (Lipinski definition) is 4. The Morgan fingerprint density at radius 2 is 1.72 bits per heavy atom. The second kappa shape index (κ2) is 8.99. The van der Waals surface area contributed by atoms with E-state index in [0.29, 0.717) is 17.0 Å². The summed E-state index contributed by atoms with van der Waals surface area (Å²) in [6.07, 6.45) is -0.0186. The van der Waals surface area contributed by atoms with E-state index in [0.717, 1.165) is 5.56 Å². The molecule has 0 aliphatic carbocycles. The molecule has 25 heavy (non-hydrogen) atoms. The monoisotopic (exact) mass is 350 g/mol. The van der Waals surface area contributed by atoms with E-state index in [9.17, 15) is 19.5 Å². The molecule has 0 radical (unpaired) electrons.